The first kappa shape index (κ1) is 19.4. The van der Waals surface area contributed by atoms with Crippen LogP contribution < -0.4 is 0 Å². The molecule has 0 radical (unpaired) electrons. The van der Waals surface area contributed by atoms with Crippen LogP contribution in [-0.2, 0) is 24.9 Å². The Kier molecular flexibility index (Phi) is 7.59. The van der Waals surface area contributed by atoms with Gasteiger partial charge in [0.2, 0.25) is 0 Å². The molecule has 1 aliphatic rings. The minimum absolute atomic E-state index is 0.550. The van der Waals surface area contributed by atoms with Gasteiger partial charge >= 0.3 is 136 Å². The van der Waals surface area contributed by atoms with Crippen LogP contribution in [0.15, 0.2) is 21.7 Å². The van der Waals surface area contributed by atoms with Crippen molar-refractivity contribution in [2.75, 3.05) is 13.2 Å². The normalized spacial score (nSPS) is 18.4. The standard InChI is InChI=1S/C14H25O2Si.3CH3.Pt/c1-5-14(12-13-10-8-9-11-13)17(4,15-6-2)16-7-3;;;;/h8,10,14H,5-7,9,12H2,1-4H3;3*1H3;. The SMILES string of the molecule is CCO[Si](C)(OCC)C(CC)CC1=[C]([Pt]([CH3])([CH3])[CH3])CC=C1. The van der Waals surface area contributed by atoms with Gasteiger partial charge in [0.25, 0.3) is 0 Å². The van der Waals surface area contributed by atoms with Gasteiger partial charge in [-0.1, -0.05) is 0 Å². The summed E-state index contributed by atoms with van der Waals surface area (Å²) in [6.07, 6.45) is 8.20. The summed E-state index contributed by atoms with van der Waals surface area (Å²) in [6, 6.07) is 0. The molecule has 0 saturated carbocycles. The molecular formula is C17H34O2PtSi. The van der Waals surface area contributed by atoms with Gasteiger partial charge in [0, 0.05) is 0 Å². The molecule has 0 aromatic carbocycles. The molecule has 0 saturated heterocycles. The van der Waals surface area contributed by atoms with Crippen molar-refractivity contribution < 1.29 is 24.9 Å². The van der Waals surface area contributed by atoms with Gasteiger partial charge in [0.05, 0.1) is 0 Å². The Hall–Kier alpha value is 0.305. The Balaban J connectivity index is 2.97. The van der Waals surface area contributed by atoms with Crippen molar-refractivity contribution in [1.29, 1.82) is 0 Å². The maximum absolute atomic E-state index is 6.14. The van der Waals surface area contributed by atoms with Gasteiger partial charge < -0.3 is 0 Å². The summed E-state index contributed by atoms with van der Waals surface area (Å²) in [7, 11) is -2.08. The van der Waals surface area contributed by atoms with E-state index in [-0.39, 0.29) is 0 Å². The monoisotopic (exact) mass is 493 g/mol. The van der Waals surface area contributed by atoms with E-state index in [9.17, 15) is 0 Å². The summed E-state index contributed by atoms with van der Waals surface area (Å²) in [6.45, 7) is 10.2. The van der Waals surface area contributed by atoms with E-state index >= 15 is 0 Å². The molecule has 128 valence electrons. The molecule has 4 heteroatoms. The zero-order valence-electron chi connectivity index (χ0n) is 14.9. The fraction of sp³-hybridized carbons (Fsp3) is 0.765. The third kappa shape index (κ3) is 5.16. The third-order valence-electron chi connectivity index (χ3n) is 4.07. The zero-order chi connectivity index (χ0) is 16.1. The quantitative estimate of drug-likeness (QED) is 0.377. The van der Waals surface area contributed by atoms with Crippen LogP contribution in [0.25, 0.3) is 0 Å². The van der Waals surface area contributed by atoms with Gasteiger partial charge in [0.15, 0.2) is 0 Å². The van der Waals surface area contributed by atoms with Crippen molar-refractivity contribution in [1.82, 2.24) is 0 Å². The van der Waals surface area contributed by atoms with Crippen LogP contribution in [0.5, 0.6) is 0 Å². The first-order valence-electron chi connectivity index (χ1n) is 7.81. The molecule has 0 N–H and O–H groups in total. The predicted octanol–water partition coefficient (Wildman–Crippen LogP) is 5.81. The van der Waals surface area contributed by atoms with Crippen LogP contribution >= 0.6 is 0 Å². The first-order chi connectivity index (χ1) is 9.78. The van der Waals surface area contributed by atoms with Crippen molar-refractivity contribution in [2.24, 2.45) is 0 Å². The van der Waals surface area contributed by atoms with E-state index in [1.807, 2.05) is 0 Å². The Morgan fingerprint density at radius 3 is 2.14 bits per heavy atom. The molecule has 0 fully saturated rings. The van der Waals surface area contributed by atoms with Gasteiger partial charge in [-0.15, -0.1) is 0 Å². The summed E-state index contributed by atoms with van der Waals surface area (Å²) >= 11 is -1.65. The molecule has 0 heterocycles. The summed E-state index contributed by atoms with van der Waals surface area (Å²) in [5.41, 5.74) is 2.15. The van der Waals surface area contributed by atoms with E-state index in [0.29, 0.717) is 5.54 Å². The molecule has 1 aliphatic carbocycles. The second-order valence-electron chi connectivity index (χ2n) is 6.11. The fourth-order valence-corrected chi connectivity index (χ4v) is 10.3. The Morgan fingerprint density at radius 2 is 1.71 bits per heavy atom. The number of hydrogen-bond acceptors (Lipinski definition) is 2. The zero-order valence-corrected chi connectivity index (χ0v) is 18.2. The van der Waals surface area contributed by atoms with Gasteiger partial charge in [-0.2, -0.15) is 0 Å². The third-order valence-corrected chi connectivity index (χ3v) is 13.2. The molecule has 1 atom stereocenters. The molecular weight excluding hydrogens is 459 g/mol. The van der Waals surface area contributed by atoms with Crippen LogP contribution in [0.1, 0.15) is 40.0 Å². The average molecular weight is 494 g/mol. The molecule has 0 spiro atoms. The predicted molar refractivity (Wildman–Crippen MR) is 91.9 cm³/mol. The fourth-order valence-electron chi connectivity index (χ4n) is 3.00. The van der Waals surface area contributed by atoms with Gasteiger partial charge in [-0.25, -0.2) is 0 Å². The van der Waals surface area contributed by atoms with Crippen molar-refractivity contribution in [3.63, 3.8) is 0 Å². The Bertz CT molecular complexity index is 390. The van der Waals surface area contributed by atoms with Gasteiger partial charge in [0.1, 0.15) is 0 Å². The Morgan fingerprint density at radius 1 is 1.14 bits per heavy atom. The van der Waals surface area contributed by atoms with E-state index < -0.39 is 24.6 Å². The van der Waals surface area contributed by atoms with Crippen LogP contribution in [0.4, 0.5) is 0 Å². The molecule has 21 heavy (non-hydrogen) atoms. The molecule has 0 aromatic rings. The minimum atomic E-state index is -2.08. The topological polar surface area (TPSA) is 18.5 Å². The van der Waals surface area contributed by atoms with E-state index in [2.05, 4.69) is 55.4 Å². The number of rotatable bonds is 9. The molecule has 0 aromatic heterocycles. The van der Waals surface area contributed by atoms with Crippen molar-refractivity contribution in [2.45, 2.75) is 68.1 Å². The van der Waals surface area contributed by atoms with Crippen LogP contribution in [0, 0.1) is 0 Å². The van der Waals surface area contributed by atoms with Crippen molar-refractivity contribution in [3.8, 4) is 0 Å². The maximum atomic E-state index is 6.14. The van der Waals surface area contributed by atoms with Crippen LogP contribution in [-0.4, -0.2) is 21.8 Å². The van der Waals surface area contributed by atoms with Gasteiger partial charge in [-0.3, -0.25) is 0 Å². The first-order valence-corrected chi connectivity index (χ1v) is 18.2. The van der Waals surface area contributed by atoms with E-state index in [0.717, 1.165) is 26.1 Å². The Labute approximate surface area is 136 Å². The second-order valence-corrected chi connectivity index (χ2v) is 21.1. The number of hydrogen-bond donors (Lipinski definition) is 0. The second kappa shape index (κ2) is 8.24. The average Bonchev–Trinajstić information content (AvgIpc) is 2.84. The van der Waals surface area contributed by atoms with Crippen molar-refractivity contribution in [3.05, 3.63) is 21.7 Å². The summed E-state index contributed by atoms with van der Waals surface area (Å²) in [5.74, 6) is 0. The van der Waals surface area contributed by atoms with E-state index in [1.165, 1.54) is 6.42 Å². The molecule has 1 rings (SSSR count). The summed E-state index contributed by atoms with van der Waals surface area (Å²) in [5, 5.41) is 7.49. The molecule has 0 amide bonds. The van der Waals surface area contributed by atoms with Crippen molar-refractivity contribution >= 4 is 8.56 Å². The number of allylic oxidation sites excluding steroid dienone is 4. The van der Waals surface area contributed by atoms with Crippen LogP contribution in [0.3, 0.4) is 0 Å². The van der Waals surface area contributed by atoms with E-state index in [1.54, 1.807) is 9.54 Å². The molecule has 1 unspecified atom stereocenters. The molecule has 0 aliphatic heterocycles. The summed E-state index contributed by atoms with van der Waals surface area (Å²) in [4.78, 5) is 0. The van der Waals surface area contributed by atoms with E-state index in [4.69, 9.17) is 8.85 Å². The molecule has 0 bridgehead atoms. The van der Waals surface area contributed by atoms with Crippen LogP contribution in [0.2, 0.25) is 28.0 Å². The molecule has 2 nitrogen and oxygen atoms in total. The summed E-state index contributed by atoms with van der Waals surface area (Å²) < 4.78 is 14.0. The van der Waals surface area contributed by atoms with Gasteiger partial charge in [-0.05, 0) is 0 Å².